The molecular formula is C20H15BrN4O4S. The van der Waals surface area contributed by atoms with Crippen LogP contribution in [0.15, 0.2) is 46.0 Å². The summed E-state index contributed by atoms with van der Waals surface area (Å²) in [5, 5.41) is 8.97. The number of nitrogens with zero attached hydrogens (tertiary/aromatic N) is 4. The fourth-order valence-corrected chi connectivity index (χ4v) is 4.28. The van der Waals surface area contributed by atoms with E-state index >= 15 is 0 Å². The van der Waals surface area contributed by atoms with E-state index in [1.165, 1.54) is 18.7 Å². The number of anilines is 1. The van der Waals surface area contributed by atoms with Crippen molar-refractivity contribution in [3.05, 3.63) is 46.4 Å². The Labute approximate surface area is 184 Å². The number of carbonyl (C=O) groups excluding carboxylic acids is 1. The molecule has 30 heavy (non-hydrogen) atoms. The van der Waals surface area contributed by atoms with E-state index in [0.717, 1.165) is 10.0 Å². The van der Waals surface area contributed by atoms with Crippen molar-refractivity contribution >= 4 is 39.3 Å². The van der Waals surface area contributed by atoms with Gasteiger partial charge < -0.3 is 14.2 Å². The number of aromatic nitrogens is 3. The Hall–Kier alpha value is -2.85. The highest BCUT2D eigenvalue weighted by molar-refractivity contribution is 9.10. The Balaban J connectivity index is 1.75. The molecule has 2 aromatic carbocycles. The lowest BCUT2D eigenvalue weighted by atomic mass is 10.1. The maximum Gasteiger partial charge on any atom is 0.247 e. The first-order chi connectivity index (χ1) is 14.6. The van der Waals surface area contributed by atoms with Crippen molar-refractivity contribution in [1.82, 2.24) is 15.2 Å². The molecule has 152 valence electrons. The van der Waals surface area contributed by atoms with E-state index in [-0.39, 0.29) is 12.7 Å². The number of carbonyl (C=O) groups is 1. The Morgan fingerprint density at radius 3 is 2.73 bits per heavy atom. The number of benzene rings is 2. The molecule has 0 saturated heterocycles. The van der Waals surface area contributed by atoms with E-state index < -0.39 is 6.23 Å². The van der Waals surface area contributed by atoms with Gasteiger partial charge in [-0.15, -0.1) is 10.2 Å². The zero-order valence-electron chi connectivity index (χ0n) is 16.0. The molecule has 0 saturated carbocycles. The van der Waals surface area contributed by atoms with Crippen LogP contribution in [-0.4, -0.2) is 34.1 Å². The molecule has 5 rings (SSSR count). The van der Waals surface area contributed by atoms with E-state index in [4.69, 9.17) is 14.2 Å². The molecule has 0 radical (unpaired) electrons. The van der Waals surface area contributed by atoms with Crippen molar-refractivity contribution in [1.29, 1.82) is 0 Å². The second-order valence-electron chi connectivity index (χ2n) is 6.56. The van der Waals surface area contributed by atoms with Gasteiger partial charge in [0.2, 0.25) is 30.0 Å². The minimum atomic E-state index is -0.805. The third kappa shape index (κ3) is 3.07. The lowest BCUT2D eigenvalue weighted by Gasteiger charge is -2.30. The van der Waals surface area contributed by atoms with Crippen LogP contribution < -0.4 is 19.1 Å². The van der Waals surface area contributed by atoms with Gasteiger partial charge in [0.25, 0.3) is 0 Å². The van der Waals surface area contributed by atoms with E-state index in [1.807, 2.05) is 42.7 Å². The van der Waals surface area contributed by atoms with Crippen LogP contribution >= 0.6 is 27.7 Å². The lowest BCUT2D eigenvalue weighted by Crippen LogP contribution is -2.36. The fourth-order valence-electron chi connectivity index (χ4n) is 3.46. The van der Waals surface area contributed by atoms with Crippen LogP contribution in [0.3, 0.4) is 0 Å². The van der Waals surface area contributed by atoms with Gasteiger partial charge in [0, 0.05) is 22.5 Å². The number of ether oxygens (including phenoxy) is 3. The minimum Gasteiger partial charge on any atom is -0.454 e. The smallest absolute Gasteiger partial charge is 0.247 e. The summed E-state index contributed by atoms with van der Waals surface area (Å²) in [6.07, 6.45) is 1.06. The van der Waals surface area contributed by atoms with E-state index in [0.29, 0.717) is 39.5 Å². The first-order valence-corrected chi connectivity index (χ1v) is 11.0. The number of fused-ring (bicyclic) bond motifs is 4. The van der Waals surface area contributed by atoms with E-state index in [1.54, 1.807) is 4.90 Å². The standard InChI is InChI=1S/C20H15BrN4O4S/c1-10(26)25-14-6-4-3-5-11(14)17-18(22-20(30-2)24-23-17)29-19(25)12-7-15-16(8-13(12)21)28-9-27-15/h3-8,19H,9H2,1-2H3. The van der Waals surface area contributed by atoms with Crippen molar-refractivity contribution < 1.29 is 19.0 Å². The Bertz CT molecular complexity index is 1180. The molecule has 0 bridgehead atoms. The summed E-state index contributed by atoms with van der Waals surface area (Å²) in [6.45, 7) is 1.64. The Kier molecular flexibility index (Phi) is 4.75. The van der Waals surface area contributed by atoms with Gasteiger partial charge >= 0.3 is 0 Å². The summed E-state index contributed by atoms with van der Waals surface area (Å²) in [7, 11) is 0. The number of rotatable bonds is 2. The van der Waals surface area contributed by atoms with Crippen LogP contribution in [0.2, 0.25) is 0 Å². The molecule has 1 unspecified atom stereocenters. The molecule has 10 heteroatoms. The third-order valence-electron chi connectivity index (χ3n) is 4.79. The van der Waals surface area contributed by atoms with E-state index in [2.05, 4.69) is 31.1 Å². The second-order valence-corrected chi connectivity index (χ2v) is 8.18. The summed E-state index contributed by atoms with van der Waals surface area (Å²) in [4.78, 5) is 18.9. The third-order valence-corrected chi connectivity index (χ3v) is 6.02. The van der Waals surface area contributed by atoms with Crippen molar-refractivity contribution in [3.63, 3.8) is 0 Å². The van der Waals surface area contributed by atoms with Gasteiger partial charge in [0.1, 0.15) is 0 Å². The summed E-state index contributed by atoms with van der Waals surface area (Å²) in [5.74, 6) is 1.33. The first kappa shape index (κ1) is 19.1. The molecule has 3 aromatic rings. The molecule has 2 aliphatic heterocycles. The highest BCUT2D eigenvalue weighted by Gasteiger charge is 2.36. The van der Waals surface area contributed by atoms with Gasteiger partial charge in [0.05, 0.1) is 5.69 Å². The quantitative estimate of drug-likeness (QED) is 0.498. The number of amides is 1. The average Bonchev–Trinajstić information content (AvgIpc) is 3.14. The van der Waals surface area contributed by atoms with Crippen molar-refractivity contribution in [2.45, 2.75) is 18.3 Å². The predicted octanol–water partition coefficient (Wildman–Crippen LogP) is 4.20. The van der Waals surface area contributed by atoms with Gasteiger partial charge in [-0.2, -0.15) is 4.98 Å². The summed E-state index contributed by atoms with van der Waals surface area (Å²) >= 11 is 4.95. The molecule has 3 heterocycles. The number of para-hydroxylation sites is 1. The molecule has 1 amide bonds. The number of hydrogen-bond acceptors (Lipinski definition) is 8. The average molecular weight is 487 g/mol. The van der Waals surface area contributed by atoms with Gasteiger partial charge in [-0.1, -0.05) is 45.9 Å². The molecular weight excluding hydrogens is 472 g/mol. The summed E-state index contributed by atoms with van der Waals surface area (Å²) < 4.78 is 18.1. The number of hydrogen-bond donors (Lipinski definition) is 0. The molecule has 2 aliphatic rings. The molecule has 0 aliphatic carbocycles. The van der Waals surface area contributed by atoms with Crippen molar-refractivity contribution in [3.8, 4) is 28.6 Å². The second kappa shape index (κ2) is 7.44. The van der Waals surface area contributed by atoms with Gasteiger partial charge in [0.15, 0.2) is 17.2 Å². The van der Waals surface area contributed by atoms with Crippen LogP contribution in [-0.2, 0) is 4.79 Å². The van der Waals surface area contributed by atoms with Gasteiger partial charge in [-0.25, -0.2) is 0 Å². The highest BCUT2D eigenvalue weighted by Crippen LogP contribution is 2.46. The molecule has 0 N–H and O–H groups in total. The monoisotopic (exact) mass is 486 g/mol. The fraction of sp³-hybridized carbons (Fsp3) is 0.200. The van der Waals surface area contributed by atoms with Gasteiger partial charge in [-0.3, -0.25) is 9.69 Å². The van der Waals surface area contributed by atoms with Crippen LogP contribution in [0.1, 0.15) is 18.7 Å². The normalized spacial score (nSPS) is 16.4. The maximum absolute atomic E-state index is 12.8. The van der Waals surface area contributed by atoms with Crippen LogP contribution in [0.4, 0.5) is 5.69 Å². The molecule has 0 spiro atoms. The number of thioether (sulfide) groups is 1. The van der Waals surface area contributed by atoms with Crippen LogP contribution in [0, 0.1) is 0 Å². The summed E-state index contributed by atoms with van der Waals surface area (Å²) in [5.41, 5.74) is 2.55. The van der Waals surface area contributed by atoms with Gasteiger partial charge in [-0.05, 0) is 24.5 Å². The predicted molar refractivity (Wildman–Crippen MR) is 114 cm³/mol. The van der Waals surface area contributed by atoms with Crippen molar-refractivity contribution in [2.75, 3.05) is 17.9 Å². The SMILES string of the molecule is CSc1nnc2c(n1)OC(c1cc3c(cc1Br)OCO3)N(C(C)=O)c1ccccc1-2. The first-order valence-electron chi connectivity index (χ1n) is 9.00. The van der Waals surface area contributed by atoms with Crippen LogP contribution in [0.25, 0.3) is 11.3 Å². The zero-order valence-corrected chi connectivity index (χ0v) is 18.4. The van der Waals surface area contributed by atoms with Crippen molar-refractivity contribution in [2.24, 2.45) is 0 Å². The maximum atomic E-state index is 12.8. The van der Waals surface area contributed by atoms with Crippen LogP contribution in [0.5, 0.6) is 17.4 Å². The Morgan fingerprint density at radius 2 is 1.97 bits per heavy atom. The molecule has 1 atom stereocenters. The molecule has 8 nitrogen and oxygen atoms in total. The molecule has 1 aromatic heterocycles. The highest BCUT2D eigenvalue weighted by atomic mass is 79.9. The zero-order chi connectivity index (χ0) is 20.8. The Morgan fingerprint density at radius 1 is 1.20 bits per heavy atom. The lowest BCUT2D eigenvalue weighted by molar-refractivity contribution is -0.118. The minimum absolute atomic E-state index is 0.146. The number of halogens is 1. The topological polar surface area (TPSA) is 86.7 Å². The largest absolute Gasteiger partial charge is 0.454 e. The molecule has 0 fully saturated rings. The summed E-state index contributed by atoms with van der Waals surface area (Å²) in [6, 6.07) is 11.1. The van der Waals surface area contributed by atoms with E-state index in [9.17, 15) is 4.79 Å².